The number of hydrogen-bond donors (Lipinski definition) is 3. The highest BCUT2D eigenvalue weighted by atomic mass is 16.4. The van der Waals surface area contributed by atoms with Crippen LogP contribution in [-0.2, 0) is 4.79 Å². The molecule has 1 saturated carbocycles. The second-order valence-electron chi connectivity index (χ2n) is 5.46. The molecule has 0 bridgehead atoms. The van der Waals surface area contributed by atoms with E-state index in [-0.39, 0.29) is 5.69 Å². The van der Waals surface area contributed by atoms with E-state index in [9.17, 15) is 14.7 Å². The molecule has 1 amide bonds. The van der Waals surface area contributed by atoms with Crippen molar-refractivity contribution in [3.63, 3.8) is 0 Å². The smallest absolute Gasteiger partial charge is 0.329 e. The minimum Gasteiger partial charge on any atom is -0.480 e. The molecule has 0 aromatic carbocycles. The van der Waals surface area contributed by atoms with Gasteiger partial charge in [-0.15, -0.1) is 0 Å². The van der Waals surface area contributed by atoms with Crippen LogP contribution >= 0.6 is 0 Å². The van der Waals surface area contributed by atoms with Crippen molar-refractivity contribution in [1.29, 1.82) is 0 Å². The highest BCUT2D eigenvalue weighted by molar-refractivity contribution is 5.96. The van der Waals surface area contributed by atoms with E-state index >= 15 is 0 Å². The van der Waals surface area contributed by atoms with E-state index in [1.807, 2.05) is 0 Å². The SMILES string of the molecule is Cc1cc(C(=O)NC2(C(=O)O)CCC(C)CC2)n[nH]1. The van der Waals surface area contributed by atoms with Gasteiger partial charge in [0.05, 0.1) is 0 Å². The number of carbonyl (C=O) groups is 2. The van der Waals surface area contributed by atoms with Crippen molar-refractivity contribution >= 4 is 11.9 Å². The van der Waals surface area contributed by atoms with E-state index in [4.69, 9.17) is 0 Å². The van der Waals surface area contributed by atoms with Crippen LogP contribution in [0.25, 0.3) is 0 Å². The molecule has 1 aromatic heterocycles. The number of aromatic amines is 1. The zero-order chi connectivity index (χ0) is 14.0. The zero-order valence-corrected chi connectivity index (χ0v) is 11.2. The Kier molecular flexibility index (Phi) is 3.59. The first-order valence-corrected chi connectivity index (χ1v) is 6.51. The third-order valence-electron chi connectivity index (χ3n) is 3.83. The van der Waals surface area contributed by atoms with Gasteiger partial charge in [0.25, 0.3) is 5.91 Å². The highest BCUT2D eigenvalue weighted by Crippen LogP contribution is 2.32. The number of rotatable bonds is 3. The van der Waals surface area contributed by atoms with Crippen LogP contribution < -0.4 is 5.32 Å². The Morgan fingerprint density at radius 1 is 1.47 bits per heavy atom. The van der Waals surface area contributed by atoms with Crippen LogP contribution in [0.1, 0.15) is 48.8 Å². The third kappa shape index (κ3) is 2.77. The lowest BCUT2D eigenvalue weighted by molar-refractivity contribution is -0.146. The van der Waals surface area contributed by atoms with Gasteiger partial charge in [0.1, 0.15) is 11.2 Å². The van der Waals surface area contributed by atoms with Gasteiger partial charge < -0.3 is 10.4 Å². The second-order valence-corrected chi connectivity index (χ2v) is 5.46. The largest absolute Gasteiger partial charge is 0.480 e. The van der Waals surface area contributed by atoms with Crippen molar-refractivity contribution in [2.45, 2.75) is 45.1 Å². The van der Waals surface area contributed by atoms with E-state index < -0.39 is 17.4 Å². The molecule has 2 rings (SSSR count). The lowest BCUT2D eigenvalue weighted by atomic mass is 9.77. The van der Waals surface area contributed by atoms with Gasteiger partial charge >= 0.3 is 5.97 Å². The Morgan fingerprint density at radius 3 is 2.58 bits per heavy atom. The summed E-state index contributed by atoms with van der Waals surface area (Å²) >= 11 is 0. The summed E-state index contributed by atoms with van der Waals surface area (Å²) in [4.78, 5) is 23.6. The van der Waals surface area contributed by atoms with Crippen LogP contribution in [0.3, 0.4) is 0 Å². The van der Waals surface area contributed by atoms with Gasteiger partial charge in [-0.3, -0.25) is 9.89 Å². The molecule has 1 heterocycles. The average molecular weight is 265 g/mol. The highest BCUT2D eigenvalue weighted by Gasteiger charge is 2.42. The summed E-state index contributed by atoms with van der Waals surface area (Å²) in [5.74, 6) is -0.877. The number of aliphatic carboxylic acids is 1. The summed E-state index contributed by atoms with van der Waals surface area (Å²) in [6, 6.07) is 1.61. The van der Waals surface area contributed by atoms with Gasteiger partial charge in [0.2, 0.25) is 0 Å². The van der Waals surface area contributed by atoms with Crippen LogP contribution in [0.15, 0.2) is 6.07 Å². The maximum atomic E-state index is 12.1. The van der Waals surface area contributed by atoms with Crippen molar-refractivity contribution < 1.29 is 14.7 Å². The Balaban J connectivity index is 2.13. The quantitative estimate of drug-likeness (QED) is 0.771. The molecule has 0 atom stereocenters. The molecule has 0 saturated heterocycles. The van der Waals surface area contributed by atoms with Crippen LogP contribution in [-0.4, -0.2) is 32.7 Å². The number of carboxylic acid groups (broad SMARTS) is 1. The summed E-state index contributed by atoms with van der Waals surface area (Å²) in [6.45, 7) is 3.89. The fraction of sp³-hybridized carbons (Fsp3) is 0.615. The number of aromatic nitrogens is 2. The lowest BCUT2D eigenvalue weighted by Gasteiger charge is -2.36. The predicted octanol–water partition coefficient (Wildman–Crippen LogP) is 1.48. The van der Waals surface area contributed by atoms with E-state index in [1.54, 1.807) is 13.0 Å². The second kappa shape index (κ2) is 5.03. The van der Waals surface area contributed by atoms with Crippen LogP contribution in [0.5, 0.6) is 0 Å². The molecule has 6 nitrogen and oxygen atoms in total. The van der Waals surface area contributed by atoms with Gasteiger partial charge in [0.15, 0.2) is 0 Å². The van der Waals surface area contributed by atoms with Gasteiger partial charge in [-0.05, 0) is 44.6 Å². The number of aryl methyl sites for hydroxylation is 1. The molecular weight excluding hydrogens is 246 g/mol. The number of carbonyl (C=O) groups excluding carboxylic acids is 1. The summed E-state index contributed by atoms with van der Waals surface area (Å²) in [5.41, 5.74) is -0.139. The first kappa shape index (κ1) is 13.6. The molecular formula is C13H19N3O3. The van der Waals surface area contributed by atoms with Crippen LogP contribution in [0.4, 0.5) is 0 Å². The molecule has 6 heteroatoms. The number of nitrogens with one attached hydrogen (secondary N) is 2. The molecule has 1 fully saturated rings. The minimum atomic E-state index is -1.14. The Labute approximate surface area is 111 Å². The molecule has 0 spiro atoms. The summed E-state index contributed by atoms with van der Waals surface area (Å²) in [5, 5.41) is 18.6. The van der Waals surface area contributed by atoms with Crippen LogP contribution in [0.2, 0.25) is 0 Å². The molecule has 1 aliphatic carbocycles. The number of H-pyrrole nitrogens is 1. The molecule has 1 aromatic rings. The average Bonchev–Trinajstić information content (AvgIpc) is 2.79. The standard InChI is InChI=1S/C13H19N3O3/c1-8-3-5-13(6-4-8,12(18)19)14-11(17)10-7-9(2)15-16-10/h7-8H,3-6H2,1-2H3,(H,14,17)(H,15,16)(H,18,19). The summed E-state index contributed by atoms with van der Waals surface area (Å²) in [6.07, 6.45) is 2.57. The fourth-order valence-electron chi connectivity index (χ4n) is 2.46. The summed E-state index contributed by atoms with van der Waals surface area (Å²) in [7, 11) is 0. The predicted molar refractivity (Wildman–Crippen MR) is 68.8 cm³/mol. The molecule has 1 aliphatic rings. The number of amides is 1. The molecule has 0 unspecified atom stereocenters. The van der Waals surface area contributed by atoms with Gasteiger partial charge in [-0.2, -0.15) is 5.10 Å². The topological polar surface area (TPSA) is 95.1 Å². The van der Waals surface area contributed by atoms with E-state index in [2.05, 4.69) is 22.4 Å². The van der Waals surface area contributed by atoms with Gasteiger partial charge in [-0.1, -0.05) is 6.92 Å². The van der Waals surface area contributed by atoms with Gasteiger partial charge in [0, 0.05) is 5.69 Å². The monoisotopic (exact) mass is 265 g/mol. The zero-order valence-electron chi connectivity index (χ0n) is 11.2. The van der Waals surface area contributed by atoms with Crippen molar-refractivity contribution in [3.8, 4) is 0 Å². The molecule has 0 aliphatic heterocycles. The summed E-state index contributed by atoms with van der Waals surface area (Å²) < 4.78 is 0. The van der Waals surface area contributed by atoms with Gasteiger partial charge in [-0.25, -0.2) is 4.79 Å². The Hall–Kier alpha value is -1.85. The van der Waals surface area contributed by atoms with E-state index in [1.165, 1.54) is 0 Å². The maximum Gasteiger partial charge on any atom is 0.329 e. The first-order valence-electron chi connectivity index (χ1n) is 6.51. The van der Waals surface area contributed by atoms with E-state index in [0.717, 1.165) is 18.5 Å². The normalized spacial score (nSPS) is 26.9. The third-order valence-corrected chi connectivity index (χ3v) is 3.83. The molecule has 104 valence electrons. The fourth-order valence-corrected chi connectivity index (χ4v) is 2.46. The Morgan fingerprint density at radius 2 is 2.11 bits per heavy atom. The molecule has 3 N–H and O–H groups in total. The number of hydrogen-bond acceptors (Lipinski definition) is 3. The Bertz CT molecular complexity index is 487. The van der Waals surface area contributed by atoms with Crippen molar-refractivity contribution in [3.05, 3.63) is 17.5 Å². The van der Waals surface area contributed by atoms with Crippen molar-refractivity contribution in [2.24, 2.45) is 5.92 Å². The molecule has 19 heavy (non-hydrogen) atoms. The molecule has 0 radical (unpaired) electrons. The van der Waals surface area contributed by atoms with E-state index in [0.29, 0.717) is 18.8 Å². The first-order chi connectivity index (χ1) is 8.93. The van der Waals surface area contributed by atoms with Crippen molar-refractivity contribution in [2.75, 3.05) is 0 Å². The maximum absolute atomic E-state index is 12.1. The van der Waals surface area contributed by atoms with Crippen LogP contribution in [0, 0.1) is 12.8 Å². The van der Waals surface area contributed by atoms with Crippen molar-refractivity contribution in [1.82, 2.24) is 15.5 Å². The number of carboxylic acids is 1. The minimum absolute atomic E-state index is 0.233. The lowest BCUT2D eigenvalue weighted by Crippen LogP contribution is -2.56. The number of nitrogens with zero attached hydrogens (tertiary/aromatic N) is 1.